The molecule has 184 valence electrons. The molecule has 1 aliphatic carbocycles. The molecule has 0 radical (unpaired) electrons. The number of ether oxygens (including phenoxy) is 1. The van der Waals surface area contributed by atoms with Crippen LogP contribution in [0.5, 0.6) is 0 Å². The Morgan fingerprint density at radius 2 is 2.00 bits per heavy atom. The predicted molar refractivity (Wildman–Crippen MR) is 111 cm³/mol. The molecule has 0 spiro atoms. The summed E-state index contributed by atoms with van der Waals surface area (Å²) in [6.07, 6.45) is -3.53. The van der Waals surface area contributed by atoms with Crippen LogP contribution in [0.4, 0.5) is 13.2 Å². The van der Waals surface area contributed by atoms with Gasteiger partial charge in [0.25, 0.3) is 5.91 Å². The number of carboxylic acids is 1. The van der Waals surface area contributed by atoms with Gasteiger partial charge in [-0.15, -0.1) is 11.8 Å². The second kappa shape index (κ2) is 8.80. The van der Waals surface area contributed by atoms with Crippen LogP contribution in [-0.4, -0.2) is 67.3 Å². The van der Waals surface area contributed by atoms with Crippen molar-refractivity contribution in [1.29, 1.82) is 0 Å². The number of carbonyl (C=O) groups excluding carboxylic acids is 3. The van der Waals surface area contributed by atoms with Crippen molar-refractivity contribution < 1.29 is 42.2 Å². The molecule has 0 aromatic carbocycles. The number of esters is 1. The number of nitrogens with one attached hydrogen (secondary N) is 1. The van der Waals surface area contributed by atoms with Crippen LogP contribution in [0.3, 0.4) is 0 Å². The van der Waals surface area contributed by atoms with Crippen LogP contribution in [0, 0.1) is 0 Å². The summed E-state index contributed by atoms with van der Waals surface area (Å²) >= 11 is 7.07. The number of rotatable bonds is 7. The molecule has 4 rings (SSSR count). The molecule has 3 aliphatic rings. The third-order valence-electron chi connectivity index (χ3n) is 5.47. The van der Waals surface area contributed by atoms with E-state index in [0.29, 0.717) is 12.8 Å². The molecule has 2 aliphatic heterocycles. The molecule has 2 amide bonds. The Labute approximate surface area is 199 Å². The predicted octanol–water partition coefficient (Wildman–Crippen LogP) is 1.73. The van der Waals surface area contributed by atoms with Crippen LogP contribution in [0.1, 0.15) is 37.1 Å². The summed E-state index contributed by atoms with van der Waals surface area (Å²) in [7, 11) is 0. The summed E-state index contributed by atoms with van der Waals surface area (Å²) < 4.78 is 45.4. The van der Waals surface area contributed by atoms with E-state index in [9.17, 15) is 37.5 Å². The molecule has 2 N–H and O–H groups in total. The van der Waals surface area contributed by atoms with Crippen molar-refractivity contribution in [2.24, 2.45) is 0 Å². The Morgan fingerprint density at radius 1 is 1.32 bits per heavy atom. The Bertz CT molecular complexity index is 1120. The maximum Gasteiger partial charge on any atom is 0.436 e. The number of β-lactam (4-membered cyclic amide) rings is 1. The van der Waals surface area contributed by atoms with Crippen LogP contribution >= 0.6 is 23.4 Å². The zero-order chi connectivity index (χ0) is 24.9. The SMILES string of the molecule is CC(=O)OCC1=C(C(=O)O)N2C(=O)C(NC(=O)Cn3nc(C(F)(F)F)c(Cl)c3C3CC3)C2SC1. The van der Waals surface area contributed by atoms with Gasteiger partial charge in [0.2, 0.25) is 5.91 Å². The van der Waals surface area contributed by atoms with Gasteiger partial charge in [0.05, 0.1) is 10.7 Å². The second-order valence-electron chi connectivity index (χ2n) is 7.97. The van der Waals surface area contributed by atoms with Gasteiger partial charge in [-0.05, 0) is 12.8 Å². The number of aromatic nitrogens is 2. The quantitative estimate of drug-likeness (QED) is 0.409. The molecule has 1 aromatic heterocycles. The Morgan fingerprint density at radius 3 is 2.56 bits per heavy atom. The van der Waals surface area contributed by atoms with Gasteiger partial charge in [-0.1, -0.05) is 11.6 Å². The lowest BCUT2D eigenvalue weighted by atomic mass is 10.0. The number of nitrogens with zero attached hydrogens (tertiary/aromatic N) is 3. The lowest BCUT2D eigenvalue weighted by Crippen LogP contribution is -2.70. The van der Waals surface area contributed by atoms with E-state index in [0.717, 1.165) is 9.58 Å². The Balaban J connectivity index is 1.48. The monoisotopic (exact) mass is 522 g/mol. The third kappa shape index (κ3) is 4.48. The maximum absolute atomic E-state index is 13.2. The highest BCUT2D eigenvalue weighted by atomic mass is 35.5. The first-order valence-electron chi connectivity index (χ1n) is 10.1. The fourth-order valence-electron chi connectivity index (χ4n) is 3.84. The maximum atomic E-state index is 13.2. The molecule has 2 unspecified atom stereocenters. The summed E-state index contributed by atoms with van der Waals surface area (Å²) in [5, 5.41) is 14.2. The van der Waals surface area contributed by atoms with Crippen molar-refractivity contribution in [1.82, 2.24) is 20.0 Å². The summed E-state index contributed by atoms with van der Waals surface area (Å²) in [6.45, 7) is 0.296. The molecular formula is C19H18ClF3N4O6S. The number of alkyl halides is 3. The van der Waals surface area contributed by atoms with Crippen LogP contribution in [0.25, 0.3) is 0 Å². The number of halogens is 4. The molecule has 0 bridgehead atoms. The molecule has 1 aromatic rings. The first kappa shape index (κ1) is 24.4. The largest absolute Gasteiger partial charge is 0.477 e. The van der Waals surface area contributed by atoms with Crippen LogP contribution in [0.15, 0.2) is 11.3 Å². The average molecular weight is 523 g/mol. The highest BCUT2D eigenvalue weighted by Crippen LogP contribution is 2.47. The number of carboxylic acid groups (broad SMARTS) is 1. The zero-order valence-electron chi connectivity index (χ0n) is 17.5. The van der Waals surface area contributed by atoms with Crippen LogP contribution < -0.4 is 5.32 Å². The van der Waals surface area contributed by atoms with Crippen LogP contribution in [-0.2, 0) is 36.6 Å². The van der Waals surface area contributed by atoms with Crippen molar-refractivity contribution in [2.45, 2.75) is 49.8 Å². The van der Waals surface area contributed by atoms with Gasteiger partial charge >= 0.3 is 18.1 Å². The molecule has 2 fully saturated rings. The average Bonchev–Trinajstić information content (AvgIpc) is 3.51. The minimum atomic E-state index is -4.78. The van der Waals surface area contributed by atoms with Crippen molar-refractivity contribution in [3.63, 3.8) is 0 Å². The van der Waals surface area contributed by atoms with E-state index >= 15 is 0 Å². The molecule has 10 nitrogen and oxygen atoms in total. The topological polar surface area (TPSA) is 131 Å². The third-order valence-corrected chi connectivity index (χ3v) is 7.19. The van der Waals surface area contributed by atoms with E-state index in [-0.39, 0.29) is 35.2 Å². The standard InChI is InChI=1S/C19H18ClF3N4O6S/c1-7(28)33-5-9-6-34-17-12(16(30)27(17)14(9)18(31)32)24-10(29)4-26-13(8-2-3-8)11(20)15(25-26)19(21,22)23/h8,12,17H,2-6H2,1H3,(H,24,29)(H,31,32). The van der Waals surface area contributed by atoms with Gasteiger partial charge in [0.1, 0.15) is 30.3 Å². The number of hydrogen-bond acceptors (Lipinski definition) is 7. The molecule has 3 heterocycles. The molecule has 15 heteroatoms. The number of hydrogen-bond donors (Lipinski definition) is 2. The molecular weight excluding hydrogens is 505 g/mol. The van der Waals surface area contributed by atoms with Gasteiger partial charge in [0.15, 0.2) is 5.69 Å². The Kier molecular flexibility index (Phi) is 6.31. The number of carbonyl (C=O) groups is 4. The highest BCUT2D eigenvalue weighted by Gasteiger charge is 2.54. The van der Waals surface area contributed by atoms with E-state index in [1.807, 2.05) is 0 Å². The van der Waals surface area contributed by atoms with Crippen molar-refractivity contribution in [3.8, 4) is 0 Å². The highest BCUT2D eigenvalue weighted by molar-refractivity contribution is 8.00. The molecule has 2 atom stereocenters. The van der Waals surface area contributed by atoms with E-state index in [4.69, 9.17) is 16.3 Å². The summed E-state index contributed by atoms with van der Waals surface area (Å²) in [6, 6.07) is -1.07. The van der Waals surface area contributed by atoms with Gasteiger partial charge in [-0.25, -0.2) is 4.79 Å². The van der Waals surface area contributed by atoms with Gasteiger partial charge in [-0.2, -0.15) is 18.3 Å². The summed E-state index contributed by atoms with van der Waals surface area (Å²) in [5.74, 6) is -3.53. The Hall–Kier alpha value is -2.74. The lowest BCUT2D eigenvalue weighted by molar-refractivity contribution is -0.151. The first-order valence-corrected chi connectivity index (χ1v) is 11.5. The van der Waals surface area contributed by atoms with E-state index in [1.165, 1.54) is 18.7 Å². The van der Waals surface area contributed by atoms with E-state index in [2.05, 4.69) is 10.4 Å². The van der Waals surface area contributed by atoms with Gasteiger partial charge in [0, 0.05) is 24.2 Å². The minimum absolute atomic E-state index is 0.129. The molecule has 1 saturated carbocycles. The van der Waals surface area contributed by atoms with Crippen molar-refractivity contribution >= 4 is 47.1 Å². The first-order chi connectivity index (χ1) is 15.9. The fraction of sp³-hybridized carbons (Fsp3) is 0.526. The summed E-state index contributed by atoms with van der Waals surface area (Å²) in [4.78, 5) is 49.0. The molecule has 34 heavy (non-hydrogen) atoms. The number of thioether (sulfide) groups is 1. The summed E-state index contributed by atoms with van der Waals surface area (Å²) in [5.41, 5.74) is -1.22. The number of amides is 2. The van der Waals surface area contributed by atoms with Crippen molar-refractivity contribution in [3.05, 3.63) is 27.7 Å². The van der Waals surface area contributed by atoms with Gasteiger partial charge in [-0.3, -0.25) is 24.0 Å². The van der Waals surface area contributed by atoms with Crippen LogP contribution in [0.2, 0.25) is 5.02 Å². The minimum Gasteiger partial charge on any atom is -0.477 e. The number of fused-ring (bicyclic) bond motifs is 1. The lowest BCUT2D eigenvalue weighted by Gasteiger charge is -2.49. The fourth-order valence-corrected chi connectivity index (χ4v) is 5.56. The van der Waals surface area contributed by atoms with E-state index < -0.39 is 58.6 Å². The zero-order valence-corrected chi connectivity index (χ0v) is 19.1. The number of aliphatic carboxylic acids is 1. The smallest absolute Gasteiger partial charge is 0.436 e. The van der Waals surface area contributed by atoms with Crippen molar-refractivity contribution in [2.75, 3.05) is 12.4 Å². The van der Waals surface area contributed by atoms with E-state index in [1.54, 1.807) is 0 Å². The van der Waals surface area contributed by atoms with Gasteiger partial charge < -0.3 is 15.2 Å². The normalized spacial score (nSPS) is 22.3. The molecule has 1 saturated heterocycles. The second-order valence-corrected chi connectivity index (χ2v) is 9.45.